The second-order valence-electron chi connectivity index (χ2n) is 8.26. The molecule has 0 aromatic heterocycles. The molecule has 2 nitrogen and oxygen atoms in total. The van der Waals surface area contributed by atoms with Crippen molar-refractivity contribution in [1.29, 1.82) is 0 Å². The Morgan fingerprint density at radius 1 is 1.00 bits per heavy atom. The van der Waals surface area contributed by atoms with Crippen molar-refractivity contribution in [3.63, 3.8) is 0 Å². The molecule has 0 bridgehead atoms. The van der Waals surface area contributed by atoms with Crippen LogP contribution in [0.25, 0.3) is 0 Å². The third-order valence-electron chi connectivity index (χ3n) is 6.77. The normalized spacial score (nSPS) is 27.0. The van der Waals surface area contributed by atoms with Gasteiger partial charge in [0.1, 0.15) is 6.10 Å². The molecule has 0 amide bonds. The molecule has 4 rings (SSSR count). The Hall–Kier alpha value is -1.87. The molecule has 0 aliphatic heterocycles. The molecule has 3 heteroatoms. The van der Waals surface area contributed by atoms with Crippen LogP contribution in [0, 0.1) is 12.3 Å². The molecule has 0 heterocycles. The highest BCUT2D eigenvalue weighted by atomic mass is 32.1. The Morgan fingerprint density at radius 2 is 1.67 bits per heavy atom. The third kappa shape index (κ3) is 4.03. The largest absolute Gasteiger partial charge is 0.467 e. The first-order chi connectivity index (χ1) is 13.2. The van der Waals surface area contributed by atoms with Gasteiger partial charge in [-0.2, -0.15) is 0 Å². The van der Waals surface area contributed by atoms with Gasteiger partial charge in [0.2, 0.25) is 0 Å². The zero-order valence-corrected chi connectivity index (χ0v) is 16.9. The predicted molar refractivity (Wildman–Crippen MR) is 115 cm³/mol. The topological polar surface area (TPSA) is 21.3 Å². The van der Waals surface area contributed by atoms with E-state index in [4.69, 9.17) is 17.0 Å². The number of benzene rings is 2. The van der Waals surface area contributed by atoms with Gasteiger partial charge in [0, 0.05) is 12.0 Å². The van der Waals surface area contributed by atoms with Crippen LogP contribution in [0.2, 0.25) is 0 Å². The van der Waals surface area contributed by atoms with Gasteiger partial charge in [0.05, 0.1) is 0 Å². The Labute approximate surface area is 168 Å². The summed E-state index contributed by atoms with van der Waals surface area (Å²) in [5, 5.41) is 3.87. The monoisotopic (exact) mass is 379 g/mol. The lowest BCUT2D eigenvalue weighted by molar-refractivity contribution is -0.0809. The Bertz CT molecular complexity index is 780. The Balaban J connectivity index is 1.28. The van der Waals surface area contributed by atoms with Crippen molar-refractivity contribution in [2.24, 2.45) is 5.41 Å². The van der Waals surface area contributed by atoms with Crippen LogP contribution in [0.5, 0.6) is 0 Å². The molecule has 2 aromatic rings. The van der Waals surface area contributed by atoms with Gasteiger partial charge in [-0.1, -0.05) is 54.6 Å². The van der Waals surface area contributed by atoms with Crippen LogP contribution in [0.1, 0.15) is 61.1 Å². The van der Waals surface area contributed by atoms with Crippen molar-refractivity contribution in [3.8, 4) is 0 Å². The molecule has 1 atom stereocenters. The molecule has 2 aliphatic carbocycles. The third-order valence-corrected chi connectivity index (χ3v) is 7.01. The van der Waals surface area contributed by atoms with E-state index in [1.807, 2.05) is 0 Å². The van der Waals surface area contributed by atoms with E-state index >= 15 is 0 Å². The fourth-order valence-corrected chi connectivity index (χ4v) is 5.01. The molecule has 2 saturated carbocycles. The number of hydrogen-bond acceptors (Lipinski definition) is 2. The van der Waals surface area contributed by atoms with E-state index in [0.29, 0.717) is 22.6 Å². The summed E-state index contributed by atoms with van der Waals surface area (Å²) in [7, 11) is 0. The summed E-state index contributed by atoms with van der Waals surface area (Å²) in [4.78, 5) is 0. The quantitative estimate of drug-likeness (QED) is 0.669. The fraction of sp³-hybridized carbons (Fsp3) is 0.458. The maximum absolute atomic E-state index is 6.20. The van der Waals surface area contributed by atoms with E-state index in [9.17, 15) is 0 Å². The molecule has 0 saturated heterocycles. The van der Waals surface area contributed by atoms with E-state index in [2.05, 4.69) is 66.8 Å². The summed E-state index contributed by atoms with van der Waals surface area (Å²) >= 11 is 5.49. The van der Waals surface area contributed by atoms with Gasteiger partial charge in [-0.3, -0.25) is 0 Å². The molecular weight excluding hydrogens is 350 g/mol. The SMILES string of the molecule is Cc1ccccc1CNC(=S)OC1CCC12CCC(c1ccccc1)CC2. The second-order valence-corrected chi connectivity index (χ2v) is 8.63. The predicted octanol–water partition coefficient (Wildman–Crippen LogP) is 5.89. The first-order valence-corrected chi connectivity index (χ1v) is 10.6. The molecule has 0 radical (unpaired) electrons. The standard InChI is InChI=1S/C24H29NOS/c1-18-7-5-6-10-21(18)17-25-23(27)26-22-13-16-24(22)14-11-20(12-15-24)19-8-3-2-4-9-19/h2-10,20,22H,11-17H2,1H3,(H,25,27). The number of thiocarbonyl (C=S) groups is 1. The van der Waals surface area contributed by atoms with E-state index in [-0.39, 0.29) is 0 Å². The minimum absolute atomic E-state index is 0.297. The number of aryl methyl sites for hydroxylation is 1. The van der Waals surface area contributed by atoms with Crippen LogP contribution >= 0.6 is 12.2 Å². The lowest BCUT2D eigenvalue weighted by Gasteiger charge is -2.52. The maximum Gasteiger partial charge on any atom is 0.257 e. The van der Waals surface area contributed by atoms with Gasteiger partial charge >= 0.3 is 0 Å². The zero-order valence-electron chi connectivity index (χ0n) is 16.1. The molecule has 27 heavy (non-hydrogen) atoms. The van der Waals surface area contributed by atoms with Crippen LogP contribution in [-0.4, -0.2) is 11.3 Å². The highest BCUT2D eigenvalue weighted by Crippen LogP contribution is 2.55. The maximum atomic E-state index is 6.20. The molecule has 142 valence electrons. The number of rotatable bonds is 4. The molecule has 1 unspecified atom stereocenters. The molecule has 2 aromatic carbocycles. The molecular formula is C24H29NOS. The summed E-state index contributed by atoms with van der Waals surface area (Å²) in [5.74, 6) is 0.712. The summed E-state index contributed by atoms with van der Waals surface area (Å²) in [6, 6.07) is 19.4. The van der Waals surface area contributed by atoms with Crippen molar-refractivity contribution in [3.05, 3.63) is 71.3 Å². The first kappa shape index (κ1) is 18.5. The van der Waals surface area contributed by atoms with Crippen molar-refractivity contribution in [2.45, 2.75) is 64.0 Å². The van der Waals surface area contributed by atoms with Gasteiger partial charge < -0.3 is 10.1 Å². The number of hydrogen-bond donors (Lipinski definition) is 1. The van der Waals surface area contributed by atoms with Crippen molar-refractivity contribution >= 4 is 17.4 Å². The van der Waals surface area contributed by atoms with Crippen molar-refractivity contribution in [1.82, 2.24) is 5.32 Å². The van der Waals surface area contributed by atoms with Crippen LogP contribution in [0.3, 0.4) is 0 Å². The average Bonchev–Trinajstić information content (AvgIpc) is 2.71. The van der Waals surface area contributed by atoms with Gasteiger partial charge in [0.15, 0.2) is 0 Å². The van der Waals surface area contributed by atoms with Crippen molar-refractivity contribution in [2.75, 3.05) is 0 Å². The highest BCUT2D eigenvalue weighted by molar-refractivity contribution is 7.80. The van der Waals surface area contributed by atoms with E-state index in [1.54, 1.807) is 0 Å². The summed E-state index contributed by atoms with van der Waals surface area (Å²) < 4.78 is 6.20. The van der Waals surface area contributed by atoms with E-state index in [1.165, 1.54) is 48.8 Å². The molecule has 2 aliphatic rings. The summed E-state index contributed by atoms with van der Waals surface area (Å²) in [6.07, 6.45) is 7.79. The van der Waals surface area contributed by atoms with Crippen LogP contribution < -0.4 is 5.32 Å². The van der Waals surface area contributed by atoms with Crippen LogP contribution in [0.4, 0.5) is 0 Å². The molecule has 1 spiro atoms. The molecule has 2 fully saturated rings. The fourth-order valence-electron chi connectivity index (χ4n) is 4.82. The second kappa shape index (κ2) is 8.02. The average molecular weight is 380 g/mol. The Kier molecular flexibility index (Phi) is 5.49. The zero-order chi connectivity index (χ0) is 18.7. The summed E-state index contributed by atoms with van der Waals surface area (Å²) in [6.45, 7) is 2.87. The van der Waals surface area contributed by atoms with Gasteiger partial charge in [-0.15, -0.1) is 0 Å². The lowest BCUT2D eigenvalue weighted by atomic mass is 9.56. The van der Waals surface area contributed by atoms with Gasteiger partial charge in [0.25, 0.3) is 5.17 Å². The van der Waals surface area contributed by atoms with Crippen LogP contribution in [-0.2, 0) is 11.3 Å². The Morgan fingerprint density at radius 3 is 2.33 bits per heavy atom. The van der Waals surface area contributed by atoms with Crippen LogP contribution in [0.15, 0.2) is 54.6 Å². The van der Waals surface area contributed by atoms with Crippen molar-refractivity contribution < 1.29 is 4.74 Å². The first-order valence-electron chi connectivity index (χ1n) is 10.2. The summed E-state index contributed by atoms with van der Waals surface area (Å²) in [5.41, 5.74) is 4.42. The van der Waals surface area contributed by atoms with E-state index in [0.717, 1.165) is 13.0 Å². The minimum atomic E-state index is 0.297. The highest BCUT2D eigenvalue weighted by Gasteiger charge is 2.50. The minimum Gasteiger partial charge on any atom is -0.467 e. The molecule has 1 N–H and O–H groups in total. The number of nitrogens with one attached hydrogen (secondary N) is 1. The lowest BCUT2D eigenvalue weighted by Crippen LogP contribution is -2.50. The van der Waals surface area contributed by atoms with E-state index < -0.39 is 0 Å². The van der Waals surface area contributed by atoms with Gasteiger partial charge in [-0.25, -0.2) is 0 Å². The van der Waals surface area contributed by atoms with Gasteiger partial charge in [-0.05, 0) is 80.3 Å². The number of ether oxygens (including phenoxy) is 1. The smallest absolute Gasteiger partial charge is 0.257 e.